The van der Waals surface area contributed by atoms with Gasteiger partial charge in [0.1, 0.15) is 0 Å². The van der Waals surface area contributed by atoms with E-state index in [1.54, 1.807) is 11.3 Å². The maximum Gasteiger partial charge on any atom is 0.239 e. The van der Waals surface area contributed by atoms with Crippen LogP contribution in [0.5, 0.6) is 0 Å². The molecule has 1 fully saturated rings. The quantitative estimate of drug-likeness (QED) is 0.926. The molecule has 94 valence electrons. The molecule has 1 aliphatic rings. The number of rotatable bonds is 4. The number of carbonyl (C=O) groups is 1. The summed E-state index contributed by atoms with van der Waals surface area (Å²) in [6, 6.07) is 2.00. The molecule has 1 aromatic rings. The second-order valence-electron chi connectivity index (χ2n) is 4.39. The summed E-state index contributed by atoms with van der Waals surface area (Å²) in [5.74, 6) is 0.233. The van der Waals surface area contributed by atoms with Gasteiger partial charge >= 0.3 is 0 Å². The van der Waals surface area contributed by atoms with Crippen LogP contribution in [-0.4, -0.2) is 29.9 Å². The molecular formula is C12H17BrN2OS. The van der Waals surface area contributed by atoms with Crippen molar-refractivity contribution in [2.75, 3.05) is 13.1 Å². The number of amides is 1. The topological polar surface area (TPSA) is 32.3 Å². The molecule has 0 radical (unpaired) electrons. The van der Waals surface area contributed by atoms with Crippen molar-refractivity contribution in [3.05, 3.63) is 20.8 Å². The first kappa shape index (κ1) is 13.1. The van der Waals surface area contributed by atoms with Gasteiger partial charge in [-0.25, -0.2) is 0 Å². The second-order valence-corrected chi connectivity index (χ2v) is 6.68. The Bertz CT molecular complexity index is 388. The number of hydrogen-bond acceptors (Lipinski definition) is 3. The van der Waals surface area contributed by atoms with Crippen molar-refractivity contribution in [2.24, 2.45) is 0 Å². The Kier molecular flexibility index (Phi) is 4.59. The minimum absolute atomic E-state index is 0.0909. The van der Waals surface area contributed by atoms with Crippen LogP contribution in [0.2, 0.25) is 0 Å². The highest BCUT2D eigenvalue weighted by Crippen LogP contribution is 2.20. The molecule has 1 amide bonds. The van der Waals surface area contributed by atoms with Crippen LogP contribution < -0.4 is 5.32 Å². The van der Waals surface area contributed by atoms with Crippen molar-refractivity contribution in [3.8, 4) is 0 Å². The van der Waals surface area contributed by atoms with E-state index in [4.69, 9.17) is 0 Å². The van der Waals surface area contributed by atoms with Crippen LogP contribution in [0.15, 0.2) is 15.2 Å². The van der Waals surface area contributed by atoms with Crippen molar-refractivity contribution in [2.45, 2.75) is 32.4 Å². The van der Waals surface area contributed by atoms with Crippen LogP contribution in [0.4, 0.5) is 0 Å². The Morgan fingerprint density at radius 2 is 2.29 bits per heavy atom. The third-order valence-corrected chi connectivity index (χ3v) is 4.58. The number of nitrogens with one attached hydrogen (secondary N) is 1. The molecule has 1 unspecified atom stereocenters. The molecule has 1 aliphatic heterocycles. The zero-order valence-electron chi connectivity index (χ0n) is 9.91. The minimum atomic E-state index is -0.0909. The summed E-state index contributed by atoms with van der Waals surface area (Å²) in [6.45, 7) is 4.55. The maximum absolute atomic E-state index is 12.0. The van der Waals surface area contributed by atoms with E-state index in [0.29, 0.717) is 0 Å². The highest BCUT2D eigenvalue weighted by Gasteiger charge is 2.22. The van der Waals surface area contributed by atoms with Gasteiger partial charge in [0, 0.05) is 19.6 Å². The average molecular weight is 317 g/mol. The summed E-state index contributed by atoms with van der Waals surface area (Å²) in [7, 11) is 0. The summed E-state index contributed by atoms with van der Waals surface area (Å²) in [6.07, 6.45) is 2.30. The molecule has 0 spiro atoms. The smallest absolute Gasteiger partial charge is 0.239 e. The summed E-state index contributed by atoms with van der Waals surface area (Å²) < 4.78 is 1.13. The van der Waals surface area contributed by atoms with E-state index in [0.717, 1.165) is 36.3 Å². The highest BCUT2D eigenvalue weighted by atomic mass is 79.9. The molecule has 0 aromatic carbocycles. The van der Waals surface area contributed by atoms with Gasteiger partial charge in [0.05, 0.1) is 9.83 Å². The first-order valence-electron chi connectivity index (χ1n) is 5.92. The van der Waals surface area contributed by atoms with Gasteiger partial charge in [-0.1, -0.05) is 0 Å². The molecule has 1 atom stereocenters. The molecule has 0 aliphatic carbocycles. The number of thiophene rings is 1. The highest BCUT2D eigenvalue weighted by molar-refractivity contribution is 9.11. The van der Waals surface area contributed by atoms with E-state index in [-0.39, 0.29) is 11.9 Å². The Morgan fingerprint density at radius 1 is 1.59 bits per heavy atom. The number of likely N-dealkylation sites (tertiary alicyclic amines) is 1. The number of nitrogens with zero attached hydrogens (tertiary/aromatic N) is 1. The normalized spacial score (nSPS) is 17.4. The maximum atomic E-state index is 12.0. The fourth-order valence-electron chi connectivity index (χ4n) is 2.01. The first-order chi connectivity index (χ1) is 8.16. The van der Waals surface area contributed by atoms with E-state index < -0.39 is 0 Å². The van der Waals surface area contributed by atoms with Crippen molar-refractivity contribution in [1.29, 1.82) is 0 Å². The monoisotopic (exact) mass is 316 g/mol. The van der Waals surface area contributed by atoms with Crippen LogP contribution >= 0.6 is 27.3 Å². The Morgan fingerprint density at radius 3 is 2.88 bits per heavy atom. The van der Waals surface area contributed by atoms with Crippen LogP contribution in [0, 0.1) is 0 Å². The van der Waals surface area contributed by atoms with E-state index in [1.807, 2.05) is 11.8 Å². The van der Waals surface area contributed by atoms with E-state index in [9.17, 15) is 4.79 Å². The van der Waals surface area contributed by atoms with Crippen molar-refractivity contribution in [1.82, 2.24) is 10.2 Å². The molecule has 17 heavy (non-hydrogen) atoms. The second kappa shape index (κ2) is 5.98. The zero-order chi connectivity index (χ0) is 12.3. The lowest BCUT2D eigenvalue weighted by atomic mass is 10.2. The summed E-state index contributed by atoms with van der Waals surface area (Å²) >= 11 is 5.11. The molecule has 1 aromatic heterocycles. The fraction of sp³-hybridized carbons (Fsp3) is 0.583. The van der Waals surface area contributed by atoms with Crippen LogP contribution in [0.1, 0.15) is 25.3 Å². The standard InChI is InChI=1S/C12H17BrN2OS/c1-9(12(16)15-4-2-3-5-15)14-7-10-6-11(13)17-8-10/h6,8-9,14H,2-5,7H2,1H3. The Hall–Kier alpha value is -0.390. The van der Waals surface area contributed by atoms with Crippen LogP contribution in [0.25, 0.3) is 0 Å². The fourth-order valence-corrected chi connectivity index (χ4v) is 3.22. The SMILES string of the molecule is CC(NCc1csc(Br)c1)C(=O)N1CCCC1. The third kappa shape index (κ3) is 3.53. The summed E-state index contributed by atoms with van der Waals surface area (Å²) in [5, 5.41) is 5.38. The van der Waals surface area contributed by atoms with E-state index in [1.165, 1.54) is 5.56 Å². The van der Waals surface area contributed by atoms with E-state index >= 15 is 0 Å². The van der Waals surface area contributed by atoms with Crippen molar-refractivity contribution >= 4 is 33.2 Å². The number of carbonyl (C=O) groups excluding carboxylic acids is 1. The van der Waals surface area contributed by atoms with Gasteiger partial charge in [-0.2, -0.15) is 0 Å². The van der Waals surface area contributed by atoms with Gasteiger partial charge in [0.2, 0.25) is 5.91 Å². The average Bonchev–Trinajstić information content (AvgIpc) is 2.95. The number of hydrogen-bond donors (Lipinski definition) is 1. The van der Waals surface area contributed by atoms with Crippen molar-refractivity contribution < 1.29 is 4.79 Å². The molecule has 2 heterocycles. The lowest BCUT2D eigenvalue weighted by Gasteiger charge is -2.20. The molecule has 1 saturated heterocycles. The third-order valence-electron chi connectivity index (χ3n) is 3.02. The van der Waals surface area contributed by atoms with Crippen molar-refractivity contribution in [3.63, 3.8) is 0 Å². The van der Waals surface area contributed by atoms with Gasteiger partial charge in [0.25, 0.3) is 0 Å². The lowest BCUT2D eigenvalue weighted by Crippen LogP contribution is -2.43. The lowest BCUT2D eigenvalue weighted by molar-refractivity contribution is -0.131. The Labute approximate surface area is 114 Å². The predicted octanol–water partition coefficient (Wildman–Crippen LogP) is 2.61. The summed E-state index contributed by atoms with van der Waals surface area (Å²) in [4.78, 5) is 14.0. The molecule has 2 rings (SSSR count). The Balaban J connectivity index is 1.80. The van der Waals surface area contributed by atoms with Gasteiger partial charge in [-0.05, 0) is 52.7 Å². The number of halogens is 1. The minimum Gasteiger partial charge on any atom is -0.341 e. The van der Waals surface area contributed by atoms with Crippen LogP contribution in [-0.2, 0) is 11.3 Å². The largest absolute Gasteiger partial charge is 0.341 e. The van der Waals surface area contributed by atoms with Gasteiger partial charge in [-0.3, -0.25) is 4.79 Å². The molecular weight excluding hydrogens is 300 g/mol. The first-order valence-corrected chi connectivity index (χ1v) is 7.59. The summed E-state index contributed by atoms with van der Waals surface area (Å²) in [5.41, 5.74) is 1.22. The molecule has 5 heteroatoms. The molecule has 1 N–H and O–H groups in total. The van der Waals surface area contributed by atoms with Gasteiger partial charge in [-0.15, -0.1) is 11.3 Å². The van der Waals surface area contributed by atoms with Gasteiger partial charge < -0.3 is 10.2 Å². The van der Waals surface area contributed by atoms with Crippen LogP contribution in [0.3, 0.4) is 0 Å². The molecule has 0 saturated carbocycles. The molecule has 0 bridgehead atoms. The zero-order valence-corrected chi connectivity index (χ0v) is 12.3. The molecule has 3 nitrogen and oxygen atoms in total. The van der Waals surface area contributed by atoms with Gasteiger partial charge in [0.15, 0.2) is 0 Å². The predicted molar refractivity (Wildman–Crippen MR) is 74.1 cm³/mol. The van der Waals surface area contributed by atoms with E-state index in [2.05, 4.69) is 32.7 Å².